The van der Waals surface area contributed by atoms with E-state index in [1.165, 1.54) is 6.21 Å². The minimum absolute atomic E-state index is 0.0102. The van der Waals surface area contributed by atoms with Crippen molar-refractivity contribution in [1.29, 1.82) is 0 Å². The molecule has 2 aliphatic carbocycles. The number of carbonyl (C=O) groups excluding carboxylic acids is 3. The minimum Gasteiger partial charge on any atom is -0.381 e. The first-order valence-corrected chi connectivity index (χ1v) is 16.9. The summed E-state index contributed by atoms with van der Waals surface area (Å²) in [6.07, 6.45) is 7.62. The van der Waals surface area contributed by atoms with Gasteiger partial charge in [0.1, 0.15) is 16.4 Å². The van der Waals surface area contributed by atoms with Gasteiger partial charge in [0.15, 0.2) is 0 Å². The summed E-state index contributed by atoms with van der Waals surface area (Å²) in [5.41, 5.74) is -1.20. The Bertz CT molecular complexity index is 1480. The zero-order chi connectivity index (χ0) is 32.9. The molecule has 2 saturated carbocycles. The monoisotopic (exact) mass is 673 g/mol. The van der Waals surface area contributed by atoms with Crippen molar-refractivity contribution in [2.75, 3.05) is 18.5 Å². The molecule has 248 valence electrons. The lowest BCUT2D eigenvalue weighted by molar-refractivity contribution is -0.132. The molecule has 0 radical (unpaired) electrons. The first kappa shape index (κ1) is 33.1. The summed E-state index contributed by atoms with van der Waals surface area (Å²) in [6, 6.07) is 3.95. The van der Waals surface area contributed by atoms with E-state index in [2.05, 4.69) is 46.7 Å². The van der Waals surface area contributed by atoms with Crippen LogP contribution >= 0.6 is 23.2 Å². The Labute approximate surface area is 279 Å². The molecule has 0 unspecified atom stereocenters. The molecule has 6 rings (SSSR count). The van der Waals surface area contributed by atoms with Crippen LogP contribution in [0.3, 0.4) is 0 Å². The van der Waals surface area contributed by atoms with E-state index in [4.69, 9.17) is 27.9 Å². The van der Waals surface area contributed by atoms with E-state index >= 15 is 4.39 Å². The molecule has 3 aliphatic heterocycles. The molecule has 4 fully saturated rings. The number of benzene rings is 1. The summed E-state index contributed by atoms with van der Waals surface area (Å²) in [4.78, 5) is 45.4. The predicted octanol–water partition coefficient (Wildman–Crippen LogP) is 5.28. The second-order valence-electron chi connectivity index (χ2n) is 14.3. The fourth-order valence-corrected chi connectivity index (χ4v) is 8.53. The Balaban J connectivity index is 1.32. The second-order valence-corrected chi connectivity index (χ2v) is 15.1. The maximum atomic E-state index is 16.7. The average molecular weight is 675 g/mol. The molecule has 0 bridgehead atoms. The normalized spacial score (nSPS) is 31.8. The third kappa shape index (κ3) is 5.91. The highest BCUT2D eigenvalue weighted by atomic mass is 35.5. The number of ether oxygens (including phenoxy) is 1. The van der Waals surface area contributed by atoms with Crippen molar-refractivity contribution in [2.45, 2.75) is 94.3 Å². The fraction of sp³-hybridized carbons (Fsp3) is 0.588. The van der Waals surface area contributed by atoms with Crippen LogP contribution in [0.4, 0.5) is 10.1 Å². The standard InChI is InChI=1S/C34H42Cl2FN5O4/c1-19(35)38-13-6-25(37)27-28(30(44)40-23-16-20(17-23)29(43)39-22-7-14-46-15-8-22)42-33(11-9-32(2,3)10-12-33)34(27)24-5-4-21(36)18-26(24)41-31(34)45/h4-6,13,18,20,22-23,27-28,42H,1,7-12,14-17H2,2-3H3,(H,39,43)(H,40,44)(H,41,45)/b25-6-,38-13-/t20-,23-,27-,28+,34+/m0/s1. The predicted molar refractivity (Wildman–Crippen MR) is 176 cm³/mol. The summed E-state index contributed by atoms with van der Waals surface area (Å²) in [7, 11) is 0. The van der Waals surface area contributed by atoms with Gasteiger partial charge >= 0.3 is 0 Å². The number of rotatable bonds is 7. The summed E-state index contributed by atoms with van der Waals surface area (Å²) in [6.45, 7) is 9.17. The number of allylic oxidation sites excluding steroid dienone is 1. The highest BCUT2D eigenvalue weighted by molar-refractivity contribution is 6.31. The van der Waals surface area contributed by atoms with Crippen LogP contribution in [-0.2, 0) is 24.5 Å². The van der Waals surface area contributed by atoms with Crippen molar-refractivity contribution in [3.05, 3.63) is 52.4 Å². The second kappa shape index (κ2) is 12.7. The van der Waals surface area contributed by atoms with Crippen LogP contribution in [0.15, 0.2) is 46.8 Å². The van der Waals surface area contributed by atoms with Gasteiger partial charge in [0.05, 0.1) is 12.0 Å². The van der Waals surface area contributed by atoms with Gasteiger partial charge in [-0.3, -0.25) is 19.7 Å². The molecular formula is C34H42Cl2FN5O4. The lowest BCUT2D eigenvalue weighted by atomic mass is 9.54. The molecule has 3 atom stereocenters. The summed E-state index contributed by atoms with van der Waals surface area (Å²) >= 11 is 12.1. The molecule has 9 nitrogen and oxygen atoms in total. The zero-order valence-corrected chi connectivity index (χ0v) is 27.8. The number of anilines is 1. The van der Waals surface area contributed by atoms with Crippen LogP contribution in [0.2, 0.25) is 5.02 Å². The number of fused-ring (bicyclic) bond motifs is 3. The van der Waals surface area contributed by atoms with E-state index in [1.54, 1.807) is 18.2 Å². The molecule has 12 heteroatoms. The molecule has 4 N–H and O–H groups in total. The van der Waals surface area contributed by atoms with Crippen LogP contribution in [0.5, 0.6) is 0 Å². The van der Waals surface area contributed by atoms with Crippen LogP contribution in [-0.4, -0.2) is 60.8 Å². The SMILES string of the molecule is C=C(Cl)/N=C\C=C(/F)[C@H]1[C@H](C(=O)N[C@H]2C[C@H](C(=O)NC3CCOCC3)C2)NC2(CCC(C)(C)CC2)[C@@]12C(=O)Nc1cc(Cl)ccc12. The fourth-order valence-electron chi connectivity index (χ4n) is 8.30. The van der Waals surface area contributed by atoms with Gasteiger partial charge in [-0.2, -0.15) is 0 Å². The van der Waals surface area contributed by atoms with Crippen molar-refractivity contribution in [2.24, 2.45) is 22.2 Å². The van der Waals surface area contributed by atoms with Crippen molar-refractivity contribution >= 4 is 52.8 Å². The van der Waals surface area contributed by atoms with Gasteiger partial charge in [-0.15, -0.1) is 0 Å². The zero-order valence-electron chi connectivity index (χ0n) is 26.3. The average Bonchev–Trinajstić information content (AvgIpc) is 3.44. The minimum atomic E-state index is -1.44. The topological polar surface area (TPSA) is 121 Å². The number of hydrogen-bond donors (Lipinski definition) is 4. The highest BCUT2D eigenvalue weighted by Gasteiger charge is 2.73. The molecule has 1 aromatic carbocycles. The quantitative estimate of drug-likeness (QED) is 0.232. The number of nitrogens with one attached hydrogen (secondary N) is 4. The first-order chi connectivity index (χ1) is 21.8. The van der Waals surface area contributed by atoms with Gasteiger partial charge < -0.3 is 20.7 Å². The maximum Gasteiger partial charge on any atom is 0.238 e. The van der Waals surface area contributed by atoms with Crippen LogP contribution < -0.4 is 21.3 Å². The van der Waals surface area contributed by atoms with Crippen molar-refractivity contribution < 1.29 is 23.5 Å². The molecule has 2 saturated heterocycles. The lowest BCUT2D eigenvalue weighted by Crippen LogP contribution is -2.62. The van der Waals surface area contributed by atoms with Gasteiger partial charge in [-0.1, -0.05) is 49.7 Å². The third-order valence-corrected chi connectivity index (χ3v) is 11.2. The van der Waals surface area contributed by atoms with Gasteiger partial charge in [-0.05, 0) is 80.6 Å². The molecule has 3 amide bonds. The van der Waals surface area contributed by atoms with Crippen LogP contribution in [0, 0.1) is 17.3 Å². The first-order valence-electron chi connectivity index (χ1n) is 16.2. The van der Waals surface area contributed by atoms with Gasteiger partial charge in [-0.25, -0.2) is 9.38 Å². The van der Waals surface area contributed by atoms with Crippen molar-refractivity contribution in [3.8, 4) is 0 Å². The Kier molecular flexibility index (Phi) is 9.13. The third-order valence-electron chi connectivity index (χ3n) is 10.9. The van der Waals surface area contributed by atoms with E-state index in [9.17, 15) is 14.4 Å². The van der Waals surface area contributed by atoms with E-state index < -0.39 is 34.6 Å². The maximum absolute atomic E-state index is 16.7. The molecule has 0 aromatic heterocycles. The number of halogens is 3. The van der Waals surface area contributed by atoms with Crippen LogP contribution in [0.25, 0.3) is 0 Å². The molecule has 3 heterocycles. The Morgan fingerprint density at radius 3 is 2.43 bits per heavy atom. The number of aliphatic imine (C=N–C) groups is 1. The summed E-state index contributed by atoms with van der Waals surface area (Å²) in [5, 5.41) is 13.2. The molecular weight excluding hydrogens is 632 g/mol. The number of nitrogens with zero attached hydrogens (tertiary/aromatic N) is 1. The molecule has 2 spiro atoms. The molecule has 5 aliphatic rings. The van der Waals surface area contributed by atoms with Crippen molar-refractivity contribution in [3.63, 3.8) is 0 Å². The van der Waals surface area contributed by atoms with Crippen LogP contribution in [0.1, 0.15) is 70.8 Å². The Hall–Kier alpha value is -2.79. The van der Waals surface area contributed by atoms with Gasteiger partial charge in [0.25, 0.3) is 0 Å². The van der Waals surface area contributed by atoms with Gasteiger partial charge in [0.2, 0.25) is 17.7 Å². The highest BCUT2D eigenvalue weighted by Crippen LogP contribution is 2.62. The molecule has 46 heavy (non-hydrogen) atoms. The van der Waals surface area contributed by atoms with E-state index in [0.717, 1.165) is 31.8 Å². The van der Waals surface area contributed by atoms with E-state index in [0.29, 0.717) is 55.2 Å². The lowest BCUT2D eigenvalue weighted by Gasteiger charge is -2.50. The number of carbonyl (C=O) groups is 3. The number of hydrogen-bond acceptors (Lipinski definition) is 6. The summed E-state index contributed by atoms with van der Waals surface area (Å²) < 4.78 is 22.1. The Morgan fingerprint density at radius 1 is 1.09 bits per heavy atom. The van der Waals surface area contributed by atoms with Crippen molar-refractivity contribution in [1.82, 2.24) is 16.0 Å². The van der Waals surface area contributed by atoms with E-state index in [1.807, 2.05) is 0 Å². The molecule has 1 aromatic rings. The number of amides is 3. The van der Waals surface area contributed by atoms with Gasteiger partial charge in [0, 0.05) is 53.7 Å². The largest absolute Gasteiger partial charge is 0.381 e. The van der Waals surface area contributed by atoms with E-state index in [-0.39, 0.29) is 40.4 Å². The Morgan fingerprint density at radius 2 is 1.76 bits per heavy atom. The summed E-state index contributed by atoms with van der Waals surface area (Å²) in [5.74, 6) is -2.85. The smallest absolute Gasteiger partial charge is 0.238 e.